The molecule has 0 aromatic carbocycles. The van der Waals surface area contributed by atoms with Crippen LogP contribution < -0.4 is 0 Å². The van der Waals surface area contributed by atoms with Gasteiger partial charge in [-0.15, -0.1) is 10.2 Å². The van der Waals surface area contributed by atoms with Crippen molar-refractivity contribution in [2.75, 3.05) is 19.7 Å². The van der Waals surface area contributed by atoms with Gasteiger partial charge >= 0.3 is 0 Å². The molecule has 1 aliphatic heterocycles. The second kappa shape index (κ2) is 5.10. The lowest BCUT2D eigenvalue weighted by molar-refractivity contribution is -0.0458. The Balaban J connectivity index is 1.66. The topological polar surface area (TPSA) is 77.4 Å². The highest BCUT2D eigenvalue weighted by atomic mass is 16.5. The zero-order valence-corrected chi connectivity index (χ0v) is 11.0. The first-order valence-corrected chi connectivity index (χ1v) is 6.26. The maximum Gasteiger partial charge on any atom is 0.246 e. The number of nitrogens with zero attached hydrogens (tertiary/aromatic N) is 4. The fourth-order valence-electron chi connectivity index (χ4n) is 2.14. The van der Waals surface area contributed by atoms with Crippen molar-refractivity contribution in [3.05, 3.63) is 29.3 Å². The van der Waals surface area contributed by atoms with E-state index in [4.69, 9.17) is 13.7 Å². The highest BCUT2D eigenvalue weighted by molar-refractivity contribution is 5.12. The Morgan fingerprint density at radius 1 is 1.37 bits per heavy atom. The van der Waals surface area contributed by atoms with Crippen molar-refractivity contribution in [3.8, 4) is 0 Å². The zero-order chi connectivity index (χ0) is 13.2. The van der Waals surface area contributed by atoms with Crippen molar-refractivity contribution in [2.24, 2.45) is 0 Å². The Hall–Kier alpha value is -1.73. The first-order valence-electron chi connectivity index (χ1n) is 6.26. The van der Waals surface area contributed by atoms with Gasteiger partial charge in [0, 0.05) is 32.1 Å². The fraction of sp³-hybridized carbons (Fsp3) is 0.583. The lowest BCUT2D eigenvalue weighted by atomic mass is 10.2. The maximum absolute atomic E-state index is 5.68. The number of hydrogen-bond acceptors (Lipinski definition) is 7. The number of morpholine rings is 1. The average molecular weight is 264 g/mol. The lowest BCUT2D eigenvalue weighted by Crippen LogP contribution is -2.38. The van der Waals surface area contributed by atoms with Crippen LogP contribution in [-0.4, -0.2) is 40.0 Å². The monoisotopic (exact) mass is 264 g/mol. The highest BCUT2D eigenvalue weighted by Gasteiger charge is 2.26. The van der Waals surface area contributed by atoms with Crippen LogP contribution in [0.1, 0.15) is 29.1 Å². The van der Waals surface area contributed by atoms with Crippen molar-refractivity contribution in [1.29, 1.82) is 0 Å². The summed E-state index contributed by atoms with van der Waals surface area (Å²) in [5.41, 5.74) is 2.03. The van der Waals surface area contributed by atoms with Crippen molar-refractivity contribution in [1.82, 2.24) is 20.3 Å². The summed E-state index contributed by atoms with van der Waals surface area (Å²) < 4.78 is 16.1. The van der Waals surface area contributed by atoms with E-state index in [1.54, 1.807) is 13.2 Å². The Labute approximate surface area is 110 Å². The van der Waals surface area contributed by atoms with E-state index in [-0.39, 0.29) is 6.10 Å². The fourth-order valence-corrected chi connectivity index (χ4v) is 2.14. The molecule has 7 nitrogen and oxygen atoms in total. The predicted octanol–water partition coefficient (Wildman–Crippen LogP) is 1.25. The standard InChI is InChI=1S/C12H16N4O3/c1-8-10(7-18-15-8)5-16-3-4-17-11(6-16)12-14-13-9(2)19-12/h7,11H,3-6H2,1-2H3. The Kier molecular flexibility index (Phi) is 3.31. The molecule has 0 saturated carbocycles. The summed E-state index contributed by atoms with van der Waals surface area (Å²) in [6.07, 6.45) is 1.53. The molecule has 1 saturated heterocycles. The van der Waals surface area contributed by atoms with E-state index in [0.717, 1.165) is 30.9 Å². The van der Waals surface area contributed by atoms with Crippen LogP contribution >= 0.6 is 0 Å². The van der Waals surface area contributed by atoms with Crippen LogP contribution in [-0.2, 0) is 11.3 Å². The molecule has 0 aliphatic carbocycles. The molecule has 102 valence electrons. The van der Waals surface area contributed by atoms with Crippen LogP contribution in [0, 0.1) is 13.8 Å². The molecular weight excluding hydrogens is 248 g/mol. The van der Waals surface area contributed by atoms with E-state index in [2.05, 4.69) is 20.3 Å². The van der Waals surface area contributed by atoms with Gasteiger partial charge < -0.3 is 13.7 Å². The SMILES string of the molecule is Cc1nnc(C2CN(Cc3conc3C)CCO2)o1. The summed E-state index contributed by atoms with van der Waals surface area (Å²) in [7, 11) is 0. The average Bonchev–Trinajstić information content (AvgIpc) is 3.00. The van der Waals surface area contributed by atoms with E-state index >= 15 is 0 Å². The van der Waals surface area contributed by atoms with Crippen LogP contribution in [0.15, 0.2) is 15.2 Å². The summed E-state index contributed by atoms with van der Waals surface area (Å²) >= 11 is 0. The Morgan fingerprint density at radius 2 is 2.26 bits per heavy atom. The lowest BCUT2D eigenvalue weighted by Gasteiger charge is -2.30. The quantitative estimate of drug-likeness (QED) is 0.825. The van der Waals surface area contributed by atoms with Crippen molar-refractivity contribution in [3.63, 3.8) is 0 Å². The second-order valence-corrected chi connectivity index (χ2v) is 4.68. The van der Waals surface area contributed by atoms with Gasteiger partial charge in [0.1, 0.15) is 12.4 Å². The third-order valence-corrected chi connectivity index (χ3v) is 3.21. The minimum Gasteiger partial charge on any atom is -0.423 e. The van der Waals surface area contributed by atoms with Gasteiger partial charge in [0.25, 0.3) is 0 Å². The second-order valence-electron chi connectivity index (χ2n) is 4.68. The molecule has 0 amide bonds. The third kappa shape index (κ3) is 2.66. The molecule has 0 bridgehead atoms. The summed E-state index contributed by atoms with van der Waals surface area (Å²) in [6.45, 7) is 6.76. The zero-order valence-electron chi connectivity index (χ0n) is 11.0. The van der Waals surface area contributed by atoms with E-state index in [1.807, 2.05) is 6.92 Å². The molecule has 2 aromatic heterocycles. The smallest absolute Gasteiger partial charge is 0.246 e. The Morgan fingerprint density at radius 3 is 2.95 bits per heavy atom. The molecule has 2 aromatic rings. The van der Waals surface area contributed by atoms with Crippen molar-refractivity contribution < 1.29 is 13.7 Å². The van der Waals surface area contributed by atoms with E-state index in [0.29, 0.717) is 18.4 Å². The van der Waals surface area contributed by atoms with Crippen molar-refractivity contribution in [2.45, 2.75) is 26.5 Å². The molecular formula is C12H16N4O3. The minimum absolute atomic E-state index is 0.157. The van der Waals surface area contributed by atoms with Gasteiger partial charge in [-0.05, 0) is 6.92 Å². The van der Waals surface area contributed by atoms with Crippen LogP contribution in [0.5, 0.6) is 0 Å². The van der Waals surface area contributed by atoms with Gasteiger partial charge in [0.15, 0.2) is 0 Å². The van der Waals surface area contributed by atoms with Gasteiger partial charge in [0.05, 0.1) is 12.3 Å². The van der Waals surface area contributed by atoms with Gasteiger partial charge in [-0.1, -0.05) is 5.16 Å². The highest BCUT2D eigenvalue weighted by Crippen LogP contribution is 2.22. The molecule has 3 heterocycles. The van der Waals surface area contributed by atoms with E-state index in [9.17, 15) is 0 Å². The van der Waals surface area contributed by atoms with Gasteiger partial charge in [-0.3, -0.25) is 4.90 Å². The molecule has 1 unspecified atom stereocenters. The number of aromatic nitrogens is 3. The summed E-state index contributed by atoms with van der Waals surface area (Å²) in [4.78, 5) is 2.27. The molecule has 0 N–H and O–H groups in total. The van der Waals surface area contributed by atoms with Crippen LogP contribution in [0.4, 0.5) is 0 Å². The molecule has 19 heavy (non-hydrogen) atoms. The largest absolute Gasteiger partial charge is 0.423 e. The van der Waals surface area contributed by atoms with E-state index < -0.39 is 0 Å². The molecule has 7 heteroatoms. The minimum atomic E-state index is -0.157. The summed E-state index contributed by atoms with van der Waals surface area (Å²) in [5, 5.41) is 11.7. The molecule has 0 spiro atoms. The Bertz CT molecular complexity index is 551. The number of aryl methyl sites for hydroxylation is 2. The number of hydrogen-bond donors (Lipinski definition) is 0. The molecule has 3 rings (SSSR count). The van der Waals surface area contributed by atoms with Crippen molar-refractivity contribution >= 4 is 0 Å². The van der Waals surface area contributed by atoms with Crippen LogP contribution in [0.3, 0.4) is 0 Å². The van der Waals surface area contributed by atoms with Gasteiger partial charge in [-0.25, -0.2) is 0 Å². The maximum atomic E-state index is 5.68. The molecule has 0 radical (unpaired) electrons. The van der Waals surface area contributed by atoms with Crippen LogP contribution in [0.2, 0.25) is 0 Å². The number of ether oxygens (including phenoxy) is 1. The predicted molar refractivity (Wildman–Crippen MR) is 64.2 cm³/mol. The van der Waals surface area contributed by atoms with Gasteiger partial charge in [-0.2, -0.15) is 0 Å². The normalized spacial score (nSPS) is 20.8. The third-order valence-electron chi connectivity index (χ3n) is 3.21. The molecule has 1 atom stereocenters. The molecule has 1 fully saturated rings. The summed E-state index contributed by atoms with van der Waals surface area (Å²) in [6, 6.07) is 0. The van der Waals surface area contributed by atoms with Crippen LogP contribution in [0.25, 0.3) is 0 Å². The summed E-state index contributed by atoms with van der Waals surface area (Å²) in [5.74, 6) is 1.11. The first kappa shape index (κ1) is 12.3. The van der Waals surface area contributed by atoms with E-state index in [1.165, 1.54) is 0 Å². The molecule has 1 aliphatic rings. The van der Waals surface area contributed by atoms with Gasteiger partial charge in [0.2, 0.25) is 11.8 Å². The first-order chi connectivity index (χ1) is 9.22. The number of rotatable bonds is 3.